The Kier molecular flexibility index (Phi) is 3.35. The van der Waals surface area contributed by atoms with E-state index in [9.17, 15) is 4.79 Å². The molecule has 0 aliphatic carbocycles. The molecule has 106 valence electrons. The summed E-state index contributed by atoms with van der Waals surface area (Å²) < 4.78 is 6.24. The minimum atomic E-state index is -0.931. The van der Waals surface area contributed by atoms with E-state index in [0.29, 0.717) is 0 Å². The van der Waals surface area contributed by atoms with Gasteiger partial charge in [-0.3, -0.25) is 0 Å². The highest BCUT2D eigenvalue weighted by Gasteiger charge is 2.13. The fourth-order valence-corrected chi connectivity index (χ4v) is 3.19. The van der Waals surface area contributed by atoms with Gasteiger partial charge in [0.1, 0.15) is 10.8 Å². The number of carbonyl (C=O) groups is 1. The fraction of sp³-hybridized carbons (Fsp3) is 0.125. The first kappa shape index (κ1) is 13.6. The molecule has 0 unspecified atom stereocenters. The summed E-state index contributed by atoms with van der Waals surface area (Å²) in [6, 6.07) is 10.9. The molecule has 0 aliphatic rings. The lowest BCUT2D eigenvalue weighted by Gasteiger charge is -2.06. The van der Waals surface area contributed by atoms with Gasteiger partial charge in [-0.2, -0.15) is 0 Å². The Morgan fingerprint density at radius 1 is 1.24 bits per heavy atom. The number of thiazole rings is 1. The zero-order valence-electron chi connectivity index (χ0n) is 11.6. The van der Waals surface area contributed by atoms with Crippen molar-refractivity contribution in [3.8, 4) is 16.3 Å². The van der Waals surface area contributed by atoms with Gasteiger partial charge >= 0.3 is 5.97 Å². The van der Waals surface area contributed by atoms with Crippen molar-refractivity contribution in [3.05, 3.63) is 47.5 Å². The van der Waals surface area contributed by atoms with Gasteiger partial charge in [0.05, 0.1) is 28.5 Å². The average molecular weight is 299 g/mol. The molecule has 4 nitrogen and oxygen atoms in total. The monoisotopic (exact) mass is 299 g/mol. The minimum absolute atomic E-state index is 0.272. The number of methoxy groups -OCH3 is 1. The molecule has 3 rings (SSSR count). The molecule has 1 heterocycles. The highest BCUT2D eigenvalue weighted by Crippen LogP contribution is 2.36. The number of aryl methyl sites for hydroxylation is 1. The largest absolute Gasteiger partial charge is 0.496 e. The highest BCUT2D eigenvalue weighted by atomic mass is 32.1. The lowest BCUT2D eigenvalue weighted by molar-refractivity contribution is 0.0697. The summed E-state index contributed by atoms with van der Waals surface area (Å²) in [7, 11) is 1.63. The number of hydrogen-bond donors (Lipinski definition) is 1. The van der Waals surface area contributed by atoms with Crippen molar-refractivity contribution in [2.75, 3.05) is 7.11 Å². The van der Waals surface area contributed by atoms with E-state index in [1.165, 1.54) is 11.3 Å². The Morgan fingerprint density at radius 3 is 2.76 bits per heavy atom. The van der Waals surface area contributed by atoms with Crippen molar-refractivity contribution < 1.29 is 14.6 Å². The number of ether oxygens (including phenoxy) is 1. The quantitative estimate of drug-likeness (QED) is 0.794. The van der Waals surface area contributed by atoms with Gasteiger partial charge in [0.2, 0.25) is 0 Å². The first-order chi connectivity index (χ1) is 10.1. The summed E-state index contributed by atoms with van der Waals surface area (Å²) >= 11 is 1.47. The van der Waals surface area contributed by atoms with Crippen LogP contribution in [0.4, 0.5) is 0 Å². The Labute approximate surface area is 125 Å². The number of carboxylic acids is 1. The van der Waals surface area contributed by atoms with Crippen LogP contribution in [-0.2, 0) is 0 Å². The van der Waals surface area contributed by atoms with Crippen molar-refractivity contribution in [2.24, 2.45) is 0 Å². The lowest BCUT2D eigenvalue weighted by Crippen LogP contribution is -1.94. The van der Waals surface area contributed by atoms with Gasteiger partial charge in [0.15, 0.2) is 0 Å². The Hall–Kier alpha value is -2.40. The van der Waals surface area contributed by atoms with Gasteiger partial charge in [0.25, 0.3) is 0 Å². The molecule has 0 amide bonds. The molecule has 0 saturated carbocycles. The predicted molar refractivity (Wildman–Crippen MR) is 83.3 cm³/mol. The van der Waals surface area contributed by atoms with Crippen LogP contribution in [0.25, 0.3) is 20.8 Å². The maximum Gasteiger partial charge on any atom is 0.335 e. The van der Waals surface area contributed by atoms with E-state index in [1.807, 2.05) is 25.1 Å². The van der Waals surface area contributed by atoms with Crippen LogP contribution >= 0.6 is 11.3 Å². The van der Waals surface area contributed by atoms with Crippen LogP contribution in [0, 0.1) is 6.92 Å². The zero-order chi connectivity index (χ0) is 15.0. The molecule has 1 N–H and O–H groups in total. The molecule has 3 aromatic rings. The first-order valence-corrected chi connectivity index (χ1v) is 7.19. The number of benzene rings is 2. The lowest BCUT2D eigenvalue weighted by atomic mass is 10.1. The molecular weight excluding hydrogens is 286 g/mol. The van der Waals surface area contributed by atoms with Crippen LogP contribution in [0.5, 0.6) is 5.75 Å². The van der Waals surface area contributed by atoms with Crippen LogP contribution in [0.3, 0.4) is 0 Å². The van der Waals surface area contributed by atoms with E-state index in [4.69, 9.17) is 9.84 Å². The standard InChI is InChI=1S/C16H13NO3S/c1-9-3-6-13(20-2)11(7-9)15-17-12-5-4-10(16(18)19)8-14(12)21-15/h3-8H,1-2H3,(H,18,19). The number of rotatable bonds is 3. The van der Waals surface area contributed by atoms with Gasteiger partial charge in [0, 0.05) is 0 Å². The molecule has 0 atom stereocenters. The maximum absolute atomic E-state index is 11.0. The Bertz CT molecular complexity index is 839. The van der Waals surface area contributed by atoms with Crippen LogP contribution in [-0.4, -0.2) is 23.2 Å². The summed E-state index contributed by atoms with van der Waals surface area (Å²) in [6.45, 7) is 2.01. The van der Waals surface area contributed by atoms with Crippen molar-refractivity contribution >= 4 is 27.5 Å². The van der Waals surface area contributed by atoms with E-state index in [1.54, 1.807) is 25.3 Å². The van der Waals surface area contributed by atoms with Crippen LogP contribution < -0.4 is 4.74 Å². The normalized spacial score (nSPS) is 10.8. The Morgan fingerprint density at radius 2 is 2.05 bits per heavy atom. The number of fused-ring (bicyclic) bond motifs is 1. The third kappa shape index (κ3) is 2.48. The summed E-state index contributed by atoms with van der Waals surface area (Å²) in [5.41, 5.74) is 3.12. The number of aromatic nitrogens is 1. The van der Waals surface area contributed by atoms with Crippen molar-refractivity contribution in [3.63, 3.8) is 0 Å². The summed E-state index contributed by atoms with van der Waals surface area (Å²) in [4.78, 5) is 15.6. The van der Waals surface area contributed by atoms with E-state index < -0.39 is 5.97 Å². The van der Waals surface area contributed by atoms with Gasteiger partial charge in [-0.1, -0.05) is 11.6 Å². The molecule has 5 heteroatoms. The summed E-state index contributed by atoms with van der Waals surface area (Å²) in [6.07, 6.45) is 0. The van der Waals surface area contributed by atoms with E-state index in [-0.39, 0.29) is 5.56 Å². The second-order valence-electron chi connectivity index (χ2n) is 4.71. The van der Waals surface area contributed by atoms with E-state index in [0.717, 1.165) is 32.1 Å². The maximum atomic E-state index is 11.0. The minimum Gasteiger partial charge on any atom is -0.496 e. The second-order valence-corrected chi connectivity index (χ2v) is 5.74. The van der Waals surface area contributed by atoms with Crippen molar-refractivity contribution in [1.29, 1.82) is 0 Å². The van der Waals surface area contributed by atoms with Crippen LogP contribution in [0.2, 0.25) is 0 Å². The fourth-order valence-electron chi connectivity index (χ4n) is 2.16. The van der Waals surface area contributed by atoms with Crippen molar-refractivity contribution in [2.45, 2.75) is 6.92 Å². The summed E-state index contributed by atoms with van der Waals surface area (Å²) in [5.74, 6) is -0.168. The van der Waals surface area contributed by atoms with Gasteiger partial charge < -0.3 is 9.84 Å². The molecule has 21 heavy (non-hydrogen) atoms. The molecular formula is C16H13NO3S. The number of carboxylic acid groups (broad SMARTS) is 1. The first-order valence-electron chi connectivity index (χ1n) is 6.37. The third-order valence-electron chi connectivity index (χ3n) is 3.22. The SMILES string of the molecule is COc1ccc(C)cc1-c1nc2ccc(C(=O)O)cc2s1. The molecule has 1 aromatic heterocycles. The van der Waals surface area contributed by atoms with Gasteiger partial charge in [-0.15, -0.1) is 11.3 Å². The van der Waals surface area contributed by atoms with Crippen molar-refractivity contribution in [1.82, 2.24) is 4.98 Å². The second kappa shape index (κ2) is 5.18. The van der Waals surface area contributed by atoms with Gasteiger partial charge in [-0.25, -0.2) is 9.78 Å². The number of aromatic carboxylic acids is 1. The van der Waals surface area contributed by atoms with Crippen LogP contribution in [0.15, 0.2) is 36.4 Å². The smallest absolute Gasteiger partial charge is 0.335 e. The molecule has 0 spiro atoms. The number of nitrogens with zero attached hydrogens (tertiary/aromatic N) is 1. The molecule has 0 radical (unpaired) electrons. The zero-order valence-corrected chi connectivity index (χ0v) is 12.4. The predicted octanol–water partition coefficient (Wildman–Crippen LogP) is 3.98. The van der Waals surface area contributed by atoms with Crippen LogP contribution in [0.1, 0.15) is 15.9 Å². The topological polar surface area (TPSA) is 59.4 Å². The van der Waals surface area contributed by atoms with Gasteiger partial charge in [-0.05, 0) is 37.3 Å². The molecule has 0 aliphatic heterocycles. The average Bonchev–Trinajstić information content (AvgIpc) is 2.89. The van der Waals surface area contributed by atoms with E-state index >= 15 is 0 Å². The highest BCUT2D eigenvalue weighted by molar-refractivity contribution is 7.21. The summed E-state index contributed by atoms with van der Waals surface area (Å²) in [5, 5.41) is 9.88. The third-order valence-corrected chi connectivity index (χ3v) is 4.27. The Balaban J connectivity index is 2.17. The molecule has 0 bridgehead atoms. The van der Waals surface area contributed by atoms with E-state index in [2.05, 4.69) is 4.98 Å². The molecule has 0 fully saturated rings. The molecule has 2 aromatic carbocycles. The molecule has 0 saturated heterocycles. The number of hydrogen-bond acceptors (Lipinski definition) is 4.